The van der Waals surface area contributed by atoms with Crippen LogP contribution in [0.25, 0.3) is 0 Å². The van der Waals surface area contributed by atoms with Crippen LogP contribution in [0.15, 0.2) is 22.7 Å². The molecule has 0 saturated heterocycles. The van der Waals surface area contributed by atoms with Crippen LogP contribution in [-0.4, -0.2) is 6.61 Å². The zero-order valence-corrected chi connectivity index (χ0v) is 11.8. The lowest BCUT2D eigenvalue weighted by Gasteiger charge is -2.18. The summed E-state index contributed by atoms with van der Waals surface area (Å²) < 4.78 is 6.64. The minimum absolute atomic E-state index is 0.0408. The Morgan fingerprint density at radius 1 is 1.38 bits per heavy atom. The highest BCUT2D eigenvalue weighted by molar-refractivity contribution is 9.10. The monoisotopic (exact) mass is 285 g/mol. The number of halogens is 1. The molecular formula is C13H20BrNO. The summed E-state index contributed by atoms with van der Waals surface area (Å²) in [6.45, 7) is 7.01. The number of hydrogen-bond acceptors (Lipinski definition) is 2. The van der Waals surface area contributed by atoms with E-state index in [4.69, 9.17) is 10.5 Å². The van der Waals surface area contributed by atoms with E-state index in [1.807, 2.05) is 19.1 Å². The van der Waals surface area contributed by atoms with Gasteiger partial charge in [0.15, 0.2) is 0 Å². The van der Waals surface area contributed by atoms with Gasteiger partial charge in [0.05, 0.1) is 6.61 Å². The Kier molecular flexibility index (Phi) is 5.29. The summed E-state index contributed by atoms with van der Waals surface area (Å²) in [6, 6.07) is 6.05. The van der Waals surface area contributed by atoms with Gasteiger partial charge in [-0.3, -0.25) is 0 Å². The first kappa shape index (κ1) is 13.5. The average molecular weight is 286 g/mol. The molecule has 1 atom stereocenters. The summed E-state index contributed by atoms with van der Waals surface area (Å²) in [7, 11) is 0. The number of rotatable bonds is 5. The fourth-order valence-electron chi connectivity index (χ4n) is 1.73. The molecule has 2 nitrogen and oxygen atoms in total. The molecule has 16 heavy (non-hydrogen) atoms. The van der Waals surface area contributed by atoms with Gasteiger partial charge in [-0.1, -0.05) is 29.8 Å². The van der Waals surface area contributed by atoms with Crippen LogP contribution in [0.2, 0.25) is 0 Å². The molecule has 0 aliphatic rings. The van der Waals surface area contributed by atoms with Crippen LogP contribution >= 0.6 is 15.9 Å². The van der Waals surface area contributed by atoms with Gasteiger partial charge >= 0.3 is 0 Å². The third-order valence-electron chi connectivity index (χ3n) is 2.40. The van der Waals surface area contributed by atoms with Crippen molar-refractivity contribution in [1.29, 1.82) is 0 Å². The van der Waals surface area contributed by atoms with Crippen molar-refractivity contribution < 1.29 is 4.74 Å². The van der Waals surface area contributed by atoms with Crippen LogP contribution < -0.4 is 10.5 Å². The number of ether oxygens (including phenoxy) is 1. The van der Waals surface area contributed by atoms with E-state index in [9.17, 15) is 0 Å². The van der Waals surface area contributed by atoms with Gasteiger partial charge < -0.3 is 10.5 Å². The Labute approximate surface area is 106 Å². The molecule has 0 aromatic heterocycles. The van der Waals surface area contributed by atoms with Gasteiger partial charge in [0.1, 0.15) is 5.75 Å². The van der Waals surface area contributed by atoms with E-state index in [1.165, 1.54) is 0 Å². The summed E-state index contributed by atoms with van der Waals surface area (Å²) in [5.41, 5.74) is 7.28. The van der Waals surface area contributed by atoms with E-state index in [1.54, 1.807) is 0 Å². The molecule has 0 spiro atoms. The third-order valence-corrected chi connectivity index (χ3v) is 2.89. The van der Waals surface area contributed by atoms with Crippen LogP contribution in [0.5, 0.6) is 5.75 Å². The molecule has 1 rings (SSSR count). The lowest BCUT2D eigenvalue weighted by Crippen LogP contribution is -2.14. The summed E-state index contributed by atoms with van der Waals surface area (Å²) in [5.74, 6) is 1.49. The first-order chi connectivity index (χ1) is 7.54. The molecule has 90 valence electrons. The Bertz CT molecular complexity index is 339. The summed E-state index contributed by atoms with van der Waals surface area (Å²) in [5, 5.41) is 0. The maximum Gasteiger partial charge on any atom is 0.124 e. The van der Waals surface area contributed by atoms with Gasteiger partial charge in [-0.15, -0.1) is 0 Å². The first-order valence-corrected chi connectivity index (χ1v) is 6.51. The van der Waals surface area contributed by atoms with Gasteiger partial charge in [0.2, 0.25) is 0 Å². The fraction of sp³-hybridized carbons (Fsp3) is 0.538. The molecule has 0 bridgehead atoms. The fourth-order valence-corrected chi connectivity index (χ4v) is 2.11. The second-order valence-electron chi connectivity index (χ2n) is 4.35. The summed E-state index contributed by atoms with van der Waals surface area (Å²) in [6.07, 6.45) is 0.969. The van der Waals surface area contributed by atoms with Crippen molar-refractivity contribution in [2.45, 2.75) is 33.2 Å². The molecular weight excluding hydrogens is 266 g/mol. The Balaban J connectivity index is 2.94. The molecule has 0 heterocycles. The van der Waals surface area contributed by atoms with E-state index in [0.717, 1.165) is 22.2 Å². The van der Waals surface area contributed by atoms with E-state index in [0.29, 0.717) is 12.5 Å². The van der Waals surface area contributed by atoms with Gasteiger partial charge in [-0.2, -0.15) is 0 Å². The van der Waals surface area contributed by atoms with Crippen molar-refractivity contribution >= 4 is 15.9 Å². The van der Waals surface area contributed by atoms with Gasteiger partial charge in [0.25, 0.3) is 0 Å². The van der Waals surface area contributed by atoms with Gasteiger partial charge in [-0.05, 0) is 37.5 Å². The van der Waals surface area contributed by atoms with Crippen molar-refractivity contribution in [2.75, 3.05) is 6.61 Å². The molecule has 3 heteroatoms. The molecule has 1 aromatic carbocycles. The van der Waals surface area contributed by atoms with Crippen molar-refractivity contribution in [3.63, 3.8) is 0 Å². The largest absolute Gasteiger partial charge is 0.494 e. The van der Waals surface area contributed by atoms with E-state index >= 15 is 0 Å². The topological polar surface area (TPSA) is 35.2 Å². The van der Waals surface area contributed by atoms with Crippen molar-refractivity contribution in [3.8, 4) is 5.75 Å². The van der Waals surface area contributed by atoms with E-state index < -0.39 is 0 Å². The minimum Gasteiger partial charge on any atom is -0.494 e. The SMILES string of the molecule is CCOc1ccc(Br)cc1[C@@H](N)CC(C)C. The summed E-state index contributed by atoms with van der Waals surface area (Å²) >= 11 is 3.47. The van der Waals surface area contributed by atoms with Crippen LogP contribution in [0.4, 0.5) is 0 Å². The van der Waals surface area contributed by atoms with E-state index in [-0.39, 0.29) is 6.04 Å². The van der Waals surface area contributed by atoms with Crippen LogP contribution in [0.1, 0.15) is 38.8 Å². The smallest absolute Gasteiger partial charge is 0.124 e. The molecule has 0 radical (unpaired) electrons. The Hall–Kier alpha value is -0.540. The molecule has 0 aliphatic carbocycles. The quantitative estimate of drug-likeness (QED) is 0.891. The predicted octanol–water partition coefficient (Wildman–Crippen LogP) is 3.89. The van der Waals surface area contributed by atoms with Gasteiger partial charge in [0, 0.05) is 16.1 Å². The lowest BCUT2D eigenvalue weighted by molar-refractivity contribution is 0.332. The average Bonchev–Trinajstić information content (AvgIpc) is 2.20. The number of benzene rings is 1. The maximum atomic E-state index is 6.20. The number of hydrogen-bond donors (Lipinski definition) is 1. The highest BCUT2D eigenvalue weighted by Crippen LogP contribution is 2.30. The van der Waals surface area contributed by atoms with Crippen molar-refractivity contribution in [1.82, 2.24) is 0 Å². The second-order valence-corrected chi connectivity index (χ2v) is 5.27. The standard InChI is InChI=1S/C13H20BrNO/c1-4-16-13-6-5-10(14)8-11(13)12(15)7-9(2)3/h5-6,8-9,12H,4,7,15H2,1-3H3/t12-/m0/s1. The zero-order chi connectivity index (χ0) is 12.1. The van der Waals surface area contributed by atoms with Gasteiger partial charge in [-0.25, -0.2) is 0 Å². The maximum absolute atomic E-state index is 6.20. The molecule has 1 aromatic rings. The Morgan fingerprint density at radius 3 is 2.62 bits per heavy atom. The molecule has 0 aliphatic heterocycles. The Morgan fingerprint density at radius 2 is 2.06 bits per heavy atom. The normalized spacial score (nSPS) is 12.9. The number of nitrogens with two attached hydrogens (primary N) is 1. The summed E-state index contributed by atoms with van der Waals surface area (Å²) in [4.78, 5) is 0. The highest BCUT2D eigenvalue weighted by atomic mass is 79.9. The molecule has 0 saturated carbocycles. The van der Waals surface area contributed by atoms with Crippen LogP contribution in [0.3, 0.4) is 0 Å². The van der Waals surface area contributed by atoms with Crippen molar-refractivity contribution in [3.05, 3.63) is 28.2 Å². The third kappa shape index (κ3) is 3.80. The molecule has 0 fully saturated rings. The second kappa shape index (κ2) is 6.26. The highest BCUT2D eigenvalue weighted by Gasteiger charge is 2.14. The van der Waals surface area contributed by atoms with Crippen LogP contribution in [0, 0.1) is 5.92 Å². The zero-order valence-electron chi connectivity index (χ0n) is 10.2. The minimum atomic E-state index is 0.0408. The lowest BCUT2D eigenvalue weighted by atomic mass is 9.97. The van der Waals surface area contributed by atoms with E-state index in [2.05, 4.69) is 35.8 Å². The molecule has 0 amide bonds. The molecule has 2 N–H and O–H groups in total. The molecule has 0 unspecified atom stereocenters. The van der Waals surface area contributed by atoms with Crippen LogP contribution in [-0.2, 0) is 0 Å². The van der Waals surface area contributed by atoms with Crippen molar-refractivity contribution in [2.24, 2.45) is 11.7 Å². The first-order valence-electron chi connectivity index (χ1n) is 5.72. The predicted molar refractivity (Wildman–Crippen MR) is 71.7 cm³/mol.